The largest absolute Gasteiger partial charge is 0.479 e. The van der Waals surface area contributed by atoms with Gasteiger partial charge in [-0.15, -0.1) is 0 Å². The van der Waals surface area contributed by atoms with E-state index in [1.54, 1.807) is 6.07 Å². The van der Waals surface area contributed by atoms with E-state index in [-0.39, 0.29) is 29.2 Å². The van der Waals surface area contributed by atoms with E-state index >= 15 is 0 Å². The van der Waals surface area contributed by atoms with Gasteiger partial charge < -0.3 is 23.9 Å². The molecule has 1 amide bonds. The van der Waals surface area contributed by atoms with Crippen LogP contribution in [-0.4, -0.2) is 37.2 Å². The molecule has 8 nitrogen and oxygen atoms in total. The van der Waals surface area contributed by atoms with Crippen molar-refractivity contribution < 1.29 is 23.4 Å². The van der Waals surface area contributed by atoms with Gasteiger partial charge in [-0.25, -0.2) is 0 Å². The standard InChI is InChI=1S/C12H13N3O5/c1-17-10-8(11(18-2)15-12(14-10)19-3)13-9(16)7-5-4-6-20-7/h4-6H,1-3H3,(H,13,16). The molecule has 0 aromatic carbocycles. The molecular formula is C12H13N3O5. The molecule has 2 heterocycles. The molecule has 2 rings (SSSR count). The van der Waals surface area contributed by atoms with E-state index < -0.39 is 5.91 Å². The number of amides is 1. The summed E-state index contributed by atoms with van der Waals surface area (Å²) in [5.74, 6) is -0.0903. The SMILES string of the molecule is COc1nc(OC)c(NC(=O)c2ccco2)c(OC)n1. The Morgan fingerprint density at radius 1 is 1.15 bits per heavy atom. The summed E-state index contributed by atoms with van der Waals surface area (Å²) in [5.41, 5.74) is 0.192. The lowest BCUT2D eigenvalue weighted by Gasteiger charge is -2.12. The lowest BCUT2D eigenvalue weighted by molar-refractivity contribution is 0.0995. The molecule has 0 unspecified atom stereocenters. The van der Waals surface area contributed by atoms with E-state index in [9.17, 15) is 4.79 Å². The minimum atomic E-state index is -0.472. The van der Waals surface area contributed by atoms with Gasteiger partial charge in [0.2, 0.25) is 11.8 Å². The van der Waals surface area contributed by atoms with Gasteiger partial charge in [-0.1, -0.05) is 0 Å². The third-order valence-electron chi connectivity index (χ3n) is 2.37. The maximum Gasteiger partial charge on any atom is 0.322 e. The Hall–Kier alpha value is -2.77. The first kappa shape index (κ1) is 13.7. The van der Waals surface area contributed by atoms with Crippen LogP contribution >= 0.6 is 0 Å². The second-order valence-electron chi connectivity index (χ2n) is 3.54. The van der Waals surface area contributed by atoms with Gasteiger partial charge in [0.1, 0.15) is 0 Å². The number of rotatable bonds is 5. The van der Waals surface area contributed by atoms with Crippen LogP contribution in [0.15, 0.2) is 22.8 Å². The maximum absolute atomic E-state index is 12.0. The van der Waals surface area contributed by atoms with E-state index in [0.29, 0.717) is 0 Å². The zero-order valence-electron chi connectivity index (χ0n) is 11.2. The van der Waals surface area contributed by atoms with Crippen molar-refractivity contribution in [2.24, 2.45) is 0 Å². The first-order valence-electron chi connectivity index (χ1n) is 5.58. The van der Waals surface area contributed by atoms with Crippen molar-refractivity contribution >= 4 is 11.6 Å². The maximum atomic E-state index is 12.0. The zero-order chi connectivity index (χ0) is 14.5. The van der Waals surface area contributed by atoms with Crippen LogP contribution in [0.1, 0.15) is 10.6 Å². The lowest BCUT2D eigenvalue weighted by Crippen LogP contribution is -2.14. The number of hydrogen-bond acceptors (Lipinski definition) is 7. The van der Waals surface area contributed by atoms with Gasteiger partial charge >= 0.3 is 6.01 Å². The summed E-state index contributed by atoms with van der Waals surface area (Å²) >= 11 is 0. The topological polar surface area (TPSA) is 95.7 Å². The number of hydrogen-bond donors (Lipinski definition) is 1. The Morgan fingerprint density at radius 2 is 1.80 bits per heavy atom. The highest BCUT2D eigenvalue weighted by Gasteiger charge is 2.20. The number of furan rings is 1. The summed E-state index contributed by atoms with van der Waals surface area (Å²) in [5, 5.41) is 2.57. The lowest BCUT2D eigenvalue weighted by atomic mass is 10.4. The number of ether oxygens (including phenoxy) is 3. The van der Waals surface area contributed by atoms with Crippen molar-refractivity contribution in [1.29, 1.82) is 0 Å². The highest BCUT2D eigenvalue weighted by Crippen LogP contribution is 2.33. The molecule has 0 saturated heterocycles. The summed E-state index contributed by atoms with van der Waals surface area (Å²) in [7, 11) is 4.23. The first-order valence-corrected chi connectivity index (χ1v) is 5.58. The molecule has 8 heteroatoms. The Balaban J connectivity index is 2.37. The molecule has 0 aliphatic carbocycles. The Kier molecular flexibility index (Phi) is 4.04. The fourth-order valence-corrected chi connectivity index (χ4v) is 1.48. The predicted molar refractivity (Wildman–Crippen MR) is 68.3 cm³/mol. The van der Waals surface area contributed by atoms with Gasteiger partial charge in [0, 0.05) is 0 Å². The highest BCUT2D eigenvalue weighted by atomic mass is 16.5. The van der Waals surface area contributed by atoms with Crippen molar-refractivity contribution in [3.05, 3.63) is 24.2 Å². The van der Waals surface area contributed by atoms with Crippen LogP contribution in [0.25, 0.3) is 0 Å². The molecule has 0 bridgehead atoms. The normalized spacial score (nSPS) is 9.95. The van der Waals surface area contributed by atoms with Crippen LogP contribution in [0.5, 0.6) is 17.8 Å². The van der Waals surface area contributed by atoms with Gasteiger partial charge in [-0.05, 0) is 12.1 Å². The van der Waals surface area contributed by atoms with Gasteiger partial charge in [-0.3, -0.25) is 4.79 Å². The number of carbonyl (C=O) groups is 1. The van der Waals surface area contributed by atoms with Crippen LogP contribution in [0, 0.1) is 0 Å². The van der Waals surface area contributed by atoms with E-state index in [2.05, 4.69) is 15.3 Å². The van der Waals surface area contributed by atoms with E-state index in [1.807, 2.05) is 0 Å². The Bertz CT molecular complexity index is 572. The molecule has 0 aliphatic rings. The minimum absolute atomic E-state index is 0.0645. The third kappa shape index (κ3) is 2.63. The molecule has 20 heavy (non-hydrogen) atoms. The number of methoxy groups -OCH3 is 3. The molecule has 0 atom stereocenters. The molecule has 0 aliphatic heterocycles. The predicted octanol–water partition coefficient (Wildman–Crippen LogP) is 1.35. The van der Waals surface area contributed by atoms with E-state index in [1.165, 1.54) is 33.7 Å². The second-order valence-corrected chi connectivity index (χ2v) is 3.54. The number of aromatic nitrogens is 2. The van der Waals surface area contributed by atoms with Crippen molar-refractivity contribution in [2.75, 3.05) is 26.6 Å². The quantitative estimate of drug-likeness (QED) is 0.882. The molecule has 1 N–H and O–H groups in total. The van der Waals surface area contributed by atoms with Gasteiger partial charge in [-0.2, -0.15) is 9.97 Å². The monoisotopic (exact) mass is 279 g/mol. The summed E-state index contributed by atoms with van der Waals surface area (Å²) in [4.78, 5) is 19.9. The van der Waals surface area contributed by atoms with Crippen molar-refractivity contribution in [1.82, 2.24) is 9.97 Å². The number of anilines is 1. The van der Waals surface area contributed by atoms with Gasteiger partial charge in [0.05, 0.1) is 27.6 Å². The van der Waals surface area contributed by atoms with Crippen molar-refractivity contribution in [3.8, 4) is 17.8 Å². The average Bonchev–Trinajstić information content (AvgIpc) is 3.01. The Labute approximate surface area is 114 Å². The fraction of sp³-hybridized carbons (Fsp3) is 0.250. The molecule has 2 aromatic rings. The molecule has 2 aromatic heterocycles. The average molecular weight is 279 g/mol. The van der Waals surface area contributed by atoms with E-state index in [4.69, 9.17) is 18.6 Å². The van der Waals surface area contributed by atoms with Crippen LogP contribution in [-0.2, 0) is 0 Å². The number of nitrogens with zero attached hydrogens (tertiary/aromatic N) is 2. The molecule has 0 saturated carbocycles. The third-order valence-corrected chi connectivity index (χ3v) is 2.37. The fourth-order valence-electron chi connectivity index (χ4n) is 1.48. The first-order chi connectivity index (χ1) is 9.69. The molecule has 0 spiro atoms. The van der Waals surface area contributed by atoms with Crippen LogP contribution < -0.4 is 19.5 Å². The van der Waals surface area contributed by atoms with Crippen molar-refractivity contribution in [2.45, 2.75) is 0 Å². The zero-order valence-corrected chi connectivity index (χ0v) is 11.2. The van der Waals surface area contributed by atoms with Crippen molar-refractivity contribution in [3.63, 3.8) is 0 Å². The summed E-state index contributed by atoms with van der Waals surface area (Å²) in [6, 6.07) is 3.20. The molecule has 0 fully saturated rings. The van der Waals surface area contributed by atoms with Crippen LogP contribution in [0.2, 0.25) is 0 Å². The number of nitrogens with one attached hydrogen (secondary N) is 1. The van der Waals surface area contributed by atoms with Gasteiger partial charge in [0.15, 0.2) is 11.4 Å². The second kappa shape index (κ2) is 5.91. The summed E-state index contributed by atoms with van der Waals surface area (Å²) in [6.45, 7) is 0. The van der Waals surface area contributed by atoms with Crippen LogP contribution in [0.4, 0.5) is 5.69 Å². The van der Waals surface area contributed by atoms with E-state index in [0.717, 1.165) is 0 Å². The smallest absolute Gasteiger partial charge is 0.322 e. The molecule has 0 radical (unpaired) electrons. The Morgan fingerprint density at radius 3 is 2.25 bits per heavy atom. The molecule has 106 valence electrons. The summed E-state index contributed by atoms with van der Waals surface area (Å²) in [6.07, 6.45) is 1.40. The molecular weight excluding hydrogens is 266 g/mol. The number of carbonyl (C=O) groups excluding carboxylic acids is 1. The minimum Gasteiger partial charge on any atom is -0.479 e. The highest BCUT2D eigenvalue weighted by molar-refractivity contribution is 6.03. The van der Waals surface area contributed by atoms with Gasteiger partial charge in [0.25, 0.3) is 5.91 Å². The summed E-state index contributed by atoms with van der Waals surface area (Å²) < 4.78 is 20.1. The van der Waals surface area contributed by atoms with Crippen LogP contribution in [0.3, 0.4) is 0 Å².